The number of carbonyl (C=O) groups excluding carboxylic acids is 1. The zero-order chi connectivity index (χ0) is 25.1. The molecule has 2 N–H and O–H groups in total. The fourth-order valence-electron chi connectivity index (χ4n) is 5.51. The maximum absolute atomic E-state index is 13.3. The van der Waals surface area contributed by atoms with E-state index in [0.717, 1.165) is 29.0 Å². The highest BCUT2D eigenvalue weighted by atomic mass is 16.1. The van der Waals surface area contributed by atoms with E-state index in [4.69, 9.17) is 0 Å². The van der Waals surface area contributed by atoms with Crippen molar-refractivity contribution in [1.29, 1.82) is 0 Å². The molecule has 5 heteroatoms. The van der Waals surface area contributed by atoms with Gasteiger partial charge in [-0.1, -0.05) is 37.1 Å². The van der Waals surface area contributed by atoms with Gasteiger partial charge in [0.2, 0.25) is 0 Å². The summed E-state index contributed by atoms with van der Waals surface area (Å²) < 4.78 is 0. The summed E-state index contributed by atoms with van der Waals surface area (Å²) in [7, 11) is 1.94. The zero-order valence-corrected chi connectivity index (χ0v) is 21.9. The largest absolute Gasteiger partial charge is 0.388 e. The number of hydrogen-bond acceptors (Lipinski definition) is 4. The van der Waals surface area contributed by atoms with Crippen molar-refractivity contribution in [3.05, 3.63) is 76.6 Å². The van der Waals surface area contributed by atoms with Gasteiger partial charge in [0.25, 0.3) is 5.91 Å². The van der Waals surface area contributed by atoms with Crippen LogP contribution in [0.25, 0.3) is 11.1 Å². The second-order valence-corrected chi connectivity index (χ2v) is 10.4. The van der Waals surface area contributed by atoms with E-state index in [-0.39, 0.29) is 5.91 Å². The van der Waals surface area contributed by atoms with Crippen LogP contribution in [-0.2, 0) is 6.54 Å². The monoisotopic (exact) mass is 482 g/mol. The molecule has 1 saturated heterocycles. The van der Waals surface area contributed by atoms with Crippen molar-refractivity contribution in [2.45, 2.75) is 64.8 Å². The second-order valence-electron chi connectivity index (χ2n) is 10.4. The van der Waals surface area contributed by atoms with Crippen molar-refractivity contribution in [3.8, 4) is 11.1 Å². The summed E-state index contributed by atoms with van der Waals surface area (Å²) in [6.07, 6.45) is 9.63. The van der Waals surface area contributed by atoms with Crippen LogP contribution < -0.4 is 10.6 Å². The lowest BCUT2D eigenvalue weighted by Gasteiger charge is -2.21. The maximum atomic E-state index is 13.3. The van der Waals surface area contributed by atoms with Crippen LogP contribution in [0.1, 0.15) is 77.2 Å². The van der Waals surface area contributed by atoms with E-state index in [0.29, 0.717) is 11.6 Å². The van der Waals surface area contributed by atoms with Gasteiger partial charge in [-0.05, 0) is 110 Å². The van der Waals surface area contributed by atoms with Crippen LogP contribution in [0.2, 0.25) is 0 Å². The number of nitrogens with zero attached hydrogens (tertiary/aromatic N) is 2. The van der Waals surface area contributed by atoms with Gasteiger partial charge < -0.3 is 10.6 Å². The normalized spacial score (nSPS) is 16.4. The Hall–Kier alpha value is -3.18. The van der Waals surface area contributed by atoms with Gasteiger partial charge in [-0.15, -0.1) is 0 Å². The summed E-state index contributed by atoms with van der Waals surface area (Å²) in [5.41, 5.74) is 9.62. The van der Waals surface area contributed by atoms with E-state index < -0.39 is 0 Å². The molecule has 0 atom stereocenters. The van der Waals surface area contributed by atoms with Gasteiger partial charge in [-0.3, -0.25) is 14.7 Å². The van der Waals surface area contributed by atoms with Gasteiger partial charge in [-0.25, -0.2) is 0 Å². The van der Waals surface area contributed by atoms with Crippen LogP contribution in [0.15, 0.2) is 48.7 Å². The molecule has 5 rings (SSSR count). The minimum atomic E-state index is -0.140. The lowest BCUT2D eigenvalue weighted by molar-refractivity contribution is 0.102. The number of amides is 1. The first kappa shape index (κ1) is 24.5. The Labute approximate surface area is 215 Å². The standard InChI is InChI=1S/C31H38N4O/c1-21-25(10-8-12-28(21)32-3)26-11-9-13-29(22(26)2)34-31(36)30-18-27(23-14-15-23)24(19-33-30)20-35-16-6-4-5-7-17-35/h8-13,18-19,23,32H,4-7,14-17,20H2,1-3H3,(H,34,36). The smallest absolute Gasteiger partial charge is 0.274 e. The van der Waals surface area contributed by atoms with Gasteiger partial charge in [0, 0.05) is 31.2 Å². The van der Waals surface area contributed by atoms with Crippen molar-refractivity contribution >= 4 is 17.3 Å². The van der Waals surface area contributed by atoms with Gasteiger partial charge in [-0.2, -0.15) is 0 Å². The summed E-state index contributed by atoms with van der Waals surface area (Å²) in [6, 6.07) is 14.4. The molecule has 3 aromatic rings. The van der Waals surface area contributed by atoms with Crippen molar-refractivity contribution in [3.63, 3.8) is 0 Å². The minimum Gasteiger partial charge on any atom is -0.388 e. The number of aromatic nitrogens is 1. The predicted molar refractivity (Wildman–Crippen MR) is 149 cm³/mol. The molecule has 5 nitrogen and oxygen atoms in total. The lowest BCUT2D eigenvalue weighted by Crippen LogP contribution is -2.25. The van der Waals surface area contributed by atoms with E-state index >= 15 is 0 Å². The van der Waals surface area contributed by atoms with Crippen LogP contribution in [0.3, 0.4) is 0 Å². The SMILES string of the molecule is CNc1cccc(-c2cccc(NC(=O)c3cc(C4CC4)c(CN4CCCCCC4)cn3)c2C)c1C. The number of hydrogen-bond donors (Lipinski definition) is 2. The van der Waals surface area contributed by atoms with Crippen molar-refractivity contribution < 1.29 is 4.79 Å². The Bertz CT molecular complexity index is 1240. The van der Waals surface area contributed by atoms with Crippen molar-refractivity contribution in [2.24, 2.45) is 0 Å². The van der Waals surface area contributed by atoms with E-state index in [9.17, 15) is 4.79 Å². The third-order valence-corrected chi connectivity index (χ3v) is 7.84. The number of likely N-dealkylation sites (tertiary alicyclic amines) is 1. The van der Waals surface area contributed by atoms with Crippen molar-refractivity contribution in [2.75, 3.05) is 30.8 Å². The van der Waals surface area contributed by atoms with Gasteiger partial charge in [0.15, 0.2) is 0 Å². The van der Waals surface area contributed by atoms with Gasteiger partial charge in [0.05, 0.1) is 0 Å². The Balaban J connectivity index is 1.37. The van der Waals surface area contributed by atoms with Gasteiger partial charge in [0.1, 0.15) is 5.69 Å². The number of rotatable bonds is 7. The average molecular weight is 483 g/mol. The van der Waals surface area contributed by atoms with E-state index in [1.807, 2.05) is 25.4 Å². The van der Waals surface area contributed by atoms with Crippen LogP contribution >= 0.6 is 0 Å². The van der Waals surface area contributed by atoms with Crippen LogP contribution in [0.4, 0.5) is 11.4 Å². The molecule has 2 aromatic carbocycles. The number of benzene rings is 2. The summed E-state index contributed by atoms with van der Waals surface area (Å²) in [5, 5.41) is 6.42. The third-order valence-electron chi connectivity index (χ3n) is 7.84. The Morgan fingerprint density at radius 3 is 2.22 bits per heavy atom. The Morgan fingerprint density at radius 2 is 1.58 bits per heavy atom. The molecule has 2 heterocycles. The van der Waals surface area contributed by atoms with Crippen molar-refractivity contribution in [1.82, 2.24) is 9.88 Å². The summed E-state index contributed by atoms with van der Waals surface area (Å²) in [5.74, 6) is 0.438. The first-order valence-electron chi connectivity index (χ1n) is 13.4. The molecule has 1 aliphatic heterocycles. The zero-order valence-electron chi connectivity index (χ0n) is 21.9. The molecule has 0 bridgehead atoms. The summed E-state index contributed by atoms with van der Waals surface area (Å²) >= 11 is 0. The Kier molecular flexibility index (Phi) is 7.38. The van der Waals surface area contributed by atoms with Crippen LogP contribution in [0.5, 0.6) is 0 Å². The molecule has 1 amide bonds. The van der Waals surface area contributed by atoms with E-state index in [1.54, 1.807) is 0 Å². The average Bonchev–Trinajstić information content (AvgIpc) is 3.74. The third kappa shape index (κ3) is 5.31. The maximum Gasteiger partial charge on any atom is 0.274 e. The molecule has 188 valence electrons. The molecule has 0 spiro atoms. The first-order valence-corrected chi connectivity index (χ1v) is 13.4. The highest BCUT2D eigenvalue weighted by molar-refractivity contribution is 6.04. The molecule has 1 aliphatic carbocycles. The predicted octanol–water partition coefficient (Wildman–Crippen LogP) is 6.91. The Morgan fingerprint density at radius 1 is 0.944 bits per heavy atom. The number of anilines is 2. The highest BCUT2D eigenvalue weighted by Gasteiger charge is 2.28. The van der Waals surface area contributed by atoms with Crippen LogP contribution in [0, 0.1) is 13.8 Å². The molecule has 1 aromatic heterocycles. The second kappa shape index (κ2) is 10.8. The van der Waals surface area contributed by atoms with E-state index in [2.05, 4.69) is 64.7 Å². The first-order chi connectivity index (χ1) is 17.5. The molecule has 0 radical (unpaired) electrons. The lowest BCUT2D eigenvalue weighted by atomic mass is 9.94. The fraction of sp³-hybridized carbons (Fsp3) is 0.419. The molecule has 1 saturated carbocycles. The summed E-state index contributed by atoms with van der Waals surface area (Å²) in [4.78, 5) is 20.5. The van der Waals surface area contributed by atoms with E-state index in [1.165, 1.54) is 73.9 Å². The molecular formula is C31H38N4O. The number of pyridine rings is 1. The van der Waals surface area contributed by atoms with Gasteiger partial charge >= 0.3 is 0 Å². The molecule has 2 fully saturated rings. The molecule has 2 aliphatic rings. The summed E-state index contributed by atoms with van der Waals surface area (Å²) in [6.45, 7) is 7.48. The number of nitrogens with one attached hydrogen (secondary N) is 2. The quantitative estimate of drug-likeness (QED) is 0.384. The fourth-order valence-corrected chi connectivity index (χ4v) is 5.51. The topological polar surface area (TPSA) is 57.3 Å². The molecular weight excluding hydrogens is 444 g/mol. The highest BCUT2D eigenvalue weighted by Crippen LogP contribution is 2.42. The number of carbonyl (C=O) groups is 1. The molecule has 0 unspecified atom stereocenters. The minimum absolute atomic E-state index is 0.140. The van der Waals surface area contributed by atoms with Crippen LogP contribution in [-0.4, -0.2) is 35.9 Å². The molecule has 36 heavy (non-hydrogen) atoms.